The van der Waals surface area contributed by atoms with Gasteiger partial charge in [0.2, 0.25) is 6.04 Å². The lowest BCUT2D eigenvalue weighted by atomic mass is 9.96. The maximum Gasteiger partial charge on any atom is 0.412 e. The molecular formula is C19H26F2N2O6. The van der Waals surface area contributed by atoms with Crippen LogP contribution in [0.5, 0.6) is 0 Å². The quantitative estimate of drug-likeness (QED) is 0.585. The van der Waals surface area contributed by atoms with Crippen LogP contribution in [0.4, 0.5) is 13.6 Å². The van der Waals surface area contributed by atoms with Gasteiger partial charge in [0, 0.05) is 17.4 Å². The fourth-order valence-electron chi connectivity index (χ4n) is 3.30. The summed E-state index contributed by atoms with van der Waals surface area (Å²) < 4.78 is 37.8. The summed E-state index contributed by atoms with van der Waals surface area (Å²) in [4.78, 5) is 24.7. The number of nitro groups is 1. The fraction of sp³-hybridized carbons (Fsp3) is 0.632. The zero-order chi connectivity index (χ0) is 22.1. The van der Waals surface area contributed by atoms with Gasteiger partial charge in [-0.3, -0.25) is 15.0 Å². The number of carbonyl (C=O) groups is 1. The van der Waals surface area contributed by atoms with E-state index in [0.29, 0.717) is 6.07 Å². The minimum absolute atomic E-state index is 0.0187. The van der Waals surface area contributed by atoms with Crippen LogP contribution < -0.4 is 0 Å². The average molecular weight is 416 g/mol. The van der Waals surface area contributed by atoms with Gasteiger partial charge in [-0.1, -0.05) is 0 Å². The topological polar surface area (TPSA) is 102 Å². The first-order valence-corrected chi connectivity index (χ1v) is 9.14. The molecule has 162 valence electrons. The molecule has 10 heteroatoms. The lowest BCUT2D eigenvalue weighted by Crippen LogP contribution is -2.57. The molecule has 1 fully saturated rings. The Morgan fingerprint density at radius 1 is 1.38 bits per heavy atom. The molecule has 1 aromatic carbocycles. The van der Waals surface area contributed by atoms with E-state index in [1.54, 1.807) is 34.6 Å². The van der Waals surface area contributed by atoms with Gasteiger partial charge in [-0.15, -0.1) is 0 Å². The van der Waals surface area contributed by atoms with Gasteiger partial charge >= 0.3 is 6.09 Å². The molecule has 1 aromatic rings. The summed E-state index contributed by atoms with van der Waals surface area (Å²) in [6, 6.07) is -0.115. The summed E-state index contributed by atoms with van der Waals surface area (Å²) in [5.74, 6) is -1.75. The summed E-state index contributed by atoms with van der Waals surface area (Å²) in [6.07, 6.45) is -2.88. The smallest absolute Gasteiger partial charge is 0.412 e. The molecule has 0 radical (unpaired) electrons. The maximum absolute atomic E-state index is 13.4. The van der Waals surface area contributed by atoms with Gasteiger partial charge in [-0.25, -0.2) is 13.6 Å². The molecule has 0 bridgehead atoms. The third kappa shape index (κ3) is 5.60. The number of benzene rings is 1. The number of carbonyl (C=O) groups excluding carboxylic acids is 1. The summed E-state index contributed by atoms with van der Waals surface area (Å²) in [5, 5.41) is 22.4. The number of nitrogens with zero attached hydrogens (tertiary/aromatic N) is 2. The number of halogens is 2. The molecule has 1 aliphatic heterocycles. The van der Waals surface area contributed by atoms with Crippen molar-refractivity contribution in [3.8, 4) is 0 Å². The predicted molar refractivity (Wildman–Crippen MR) is 98.7 cm³/mol. The first-order chi connectivity index (χ1) is 13.2. The highest BCUT2D eigenvalue weighted by Crippen LogP contribution is 2.32. The molecule has 3 unspecified atom stereocenters. The first kappa shape index (κ1) is 23.0. The number of amides is 1. The van der Waals surface area contributed by atoms with Gasteiger partial charge in [0.15, 0.2) is 0 Å². The standard InChI is InChI=1S/C19H26F2N2O6/c1-18(2,3)29-17(25)22-15(10-28-19(22,4)5)16(24)14(23(26)27)8-11-6-12(20)9-13(21)7-11/h6-7,9,14-16,24H,8,10H2,1-5H3. The van der Waals surface area contributed by atoms with E-state index in [2.05, 4.69) is 0 Å². The second-order valence-electron chi connectivity index (χ2n) is 8.50. The minimum Gasteiger partial charge on any atom is -0.444 e. The van der Waals surface area contributed by atoms with Crippen LogP contribution >= 0.6 is 0 Å². The Kier molecular flexibility index (Phi) is 6.48. The number of aliphatic hydroxyl groups is 1. The van der Waals surface area contributed by atoms with Crippen molar-refractivity contribution in [3.63, 3.8) is 0 Å². The van der Waals surface area contributed by atoms with Gasteiger partial charge in [0.1, 0.15) is 29.1 Å². The van der Waals surface area contributed by atoms with Crippen LogP contribution in [-0.2, 0) is 15.9 Å². The van der Waals surface area contributed by atoms with Crippen LogP contribution in [0.15, 0.2) is 18.2 Å². The first-order valence-electron chi connectivity index (χ1n) is 9.14. The molecular weight excluding hydrogens is 390 g/mol. The number of hydrogen-bond acceptors (Lipinski definition) is 6. The summed E-state index contributed by atoms with van der Waals surface area (Å²) >= 11 is 0. The lowest BCUT2D eigenvalue weighted by Gasteiger charge is -2.36. The van der Waals surface area contributed by atoms with Gasteiger partial charge in [0.25, 0.3) is 0 Å². The molecule has 0 saturated carbocycles. The monoisotopic (exact) mass is 416 g/mol. The van der Waals surface area contributed by atoms with Crippen molar-refractivity contribution in [1.29, 1.82) is 0 Å². The van der Waals surface area contributed by atoms with Crippen LogP contribution in [0, 0.1) is 21.7 Å². The second-order valence-corrected chi connectivity index (χ2v) is 8.50. The van der Waals surface area contributed by atoms with E-state index in [4.69, 9.17) is 9.47 Å². The largest absolute Gasteiger partial charge is 0.444 e. The minimum atomic E-state index is -1.66. The molecule has 1 saturated heterocycles. The highest BCUT2D eigenvalue weighted by molar-refractivity contribution is 5.70. The zero-order valence-electron chi connectivity index (χ0n) is 17.0. The predicted octanol–water partition coefficient (Wildman–Crippen LogP) is 2.89. The van der Waals surface area contributed by atoms with E-state index in [-0.39, 0.29) is 12.2 Å². The molecule has 2 rings (SSSR count). The molecule has 0 spiro atoms. The Labute approximate surface area is 167 Å². The van der Waals surface area contributed by atoms with Crippen LogP contribution in [0.3, 0.4) is 0 Å². The third-order valence-corrected chi connectivity index (χ3v) is 4.54. The van der Waals surface area contributed by atoms with Crippen molar-refractivity contribution in [2.75, 3.05) is 6.61 Å². The van der Waals surface area contributed by atoms with Gasteiger partial charge < -0.3 is 14.6 Å². The van der Waals surface area contributed by atoms with Gasteiger partial charge in [0.05, 0.1) is 12.6 Å². The van der Waals surface area contributed by atoms with Crippen LogP contribution in [0.2, 0.25) is 0 Å². The zero-order valence-corrected chi connectivity index (χ0v) is 17.0. The van der Waals surface area contributed by atoms with Gasteiger partial charge in [-0.2, -0.15) is 0 Å². The highest BCUT2D eigenvalue weighted by Gasteiger charge is 2.52. The molecule has 1 aliphatic rings. The number of rotatable bonds is 5. The van der Waals surface area contributed by atoms with Crippen molar-refractivity contribution in [2.24, 2.45) is 0 Å². The van der Waals surface area contributed by atoms with Crippen molar-refractivity contribution in [3.05, 3.63) is 45.5 Å². The van der Waals surface area contributed by atoms with Crippen molar-refractivity contribution < 1.29 is 33.1 Å². The third-order valence-electron chi connectivity index (χ3n) is 4.54. The number of hydrogen-bond donors (Lipinski definition) is 1. The highest BCUT2D eigenvalue weighted by atomic mass is 19.1. The van der Waals surface area contributed by atoms with E-state index < -0.39 is 58.6 Å². The van der Waals surface area contributed by atoms with Crippen LogP contribution in [0.25, 0.3) is 0 Å². The normalized spacial score (nSPS) is 21.0. The number of ether oxygens (including phenoxy) is 2. The SMILES string of the molecule is CC(C)(C)OC(=O)N1C(C(O)C(Cc2cc(F)cc(F)c2)[N+](=O)[O-])COC1(C)C. The molecule has 29 heavy (non-hydrogen) atoms. The van der Waals surface area contributed by atoms with Crippen molar-refractivity contribution in [1.82, 2.24) is 4.90 Å². The fourth-order valence-corrected chi connectivity index (χ4v) is 3.30. The van der Waals surface area contributed by atoms with E-state index >= 15 is 0 Å². The summed E-state index contributed by atoms with van der Waals surface area (Å²) in [5.41, 5.74) is -1.97. The second kappa shape index (κ2) is 8.19. The Morgan fingerprint density at radius 2 is 1.93 bits per heavy atom. The van der Waals surface area contributed by atoms with E-state index in [1.807, 2.05) is 0 Å². The number of aliphatic hydroxyl groups excluding tert-OH is 1. The van der Waals surface area contributed by atoms with E-state index in [9.17, 15) is 28.8 Å². The summed E-state index contributed by atoms with van der Waals surface area (Å²) in [7, 11) is 0. The van der Waals surface area contributed by atoms with Crippen LogP contribution in [0.1, 0.15) is 40.2 Å². The van der Waals surface area contributed by atoms with Crippen molar-refractivity contribution >= 4 is 6.09 Å². The Hall–Kier alpha value is -2.33. The molecule has 1 heterocycles. The van der Waals surface area contributed by atoms with Gasteiger partial charge in [-0.05, 0) is 52.3 Å². The molecule has 0 aliphatic carbocycles. The molecule has 1 amide bonds. The lowest BCUT2D eigenvalue weighted by molar-refractivity contribution is -0.535. The maximum atomic E-state index is 13.4. The molecule has 8 nitrogen and oxygen atoms in total. The Morgan fingerprint density at radius 3 is 2.41 bits per heavy atom. The Bertz CT molecular complexity index is 760. The Balaban J connectivity index is 2.30. The molecule has 3 atom stereocenters. The van der Waals surface area contributed by atoms with E-state index in [0.717, 1.165) is 17.0 Å². The average Bonchev–Trinajstić information content (AvgIpc) is 2.84. The molecule has 0 aromatic heterocycles. The van der Waals surface area contributed by atoms with Crippen LogP contribution in [-0.4, -0.2) is 57.1 Å². The molecule has 1 N–H and O–H groups in total. The summed E-state index contributed by atoms with van der Waals surface area (Å²) in [6.45, 7) is 7.99. The van der Waals surface area contributed by atoms with Crippen molar-refractivity contribution in [2.45, 2.75) is 70.6 Å². The van der Waals surface area contributed by atoms with E-state index in [1.165, 1.54) is 0 Å².